The van der Waals surface area contributed by atoms with Crippen LogP contribution in [-0.2, 0) is 26.0 Å². The van der Waals surface area contributed by atoms with E-state index in [0.717, 1.165) is 22.8 Å². The number of aliphatic hydroxyl groups excluding tert-OH is 1. The fourth-order valence-corrected chi connectivity index (χ4v) is 6.21. The third kappa shape index (κ3) is 6.12. The Balaban J connectivity index is 1.62. The summed E-state index contributed by atoms with van der Waals surface area (Å²) in [5.74, 6) is -1.10. The summed E-state index contributed by atoms with van der Waals surface area (Å²) in [6.07, 6.45) is 1.22. The summed E-state index contributed by atoms with van der Waals surface area (Å²) in [5.41, 5.74) is 0.923. The molecule has 0 bridgehead atoms. The van der Waals surface area contributed by atoms with E-state index in [9.17, 15) is 28.2 Å². The van der Waals surface area contributed by atoms with Gasteiger partial charge in [0.05, 0.1) is 10.6 Å². The van der Waals surface area contributed by atoms with Gasteiger partial charge in [0.15, 0.2) is 5.96 Å². The quantitative estimate of drug-likeness (QED) is 0.309. The number of carbonyl (C=O) groups is 2. The molecule has 0 aromatic heterocycles. The Hall–Kier alpha value is -3.96. The molecule has 3 aromatic rings. The zero-order valence-electron chi connectivity index (χ0n) is 20.7. The van der Waals surface area contributed by atoms with Crippen molar-refractivity contribution < 1.29 is 28.2 Å². The van der Waals surface area contributed by atoms with Crippen LogP contribution in [0.4, 0.5) is 5.69 Å². The highest BCUT2D eigenvalue weighted by Gasteiger charge is 2.36. The first kappa shape index (κ1) is 27.1. The molecule has 0 spiro atoms. The summed E-state index contributed by atoms with van der Waals surface area (Å²) in [6, 6.07) is 16.7. The molecule has 0 aliphatic carbocycles. The molecule has 1 atom stereocenters. The fourth-order valence-electron chi connectivity index (χ4n) is 4.35. The van der Waals surface area contributed by atoms with Crippen molar-refractivity contribution in [1.29, 1.82) is 0 Å². The number of carboxylic acid groups (broad SMARTS) is 1. The van der Waals surface area contributed by atoms with E-state index in [-0.39, 0.29) is 29.3 Å². The van der Waals surface area contributed by atoms with E-state index in [1.807, 2.05) is 0 Å². The number of benzene rings is 3. The number of hydrogen-bond donors (Lipinski definition) is 4. The van der Waals surface area contributed by atoms with Crippen LogP contribution in [0.2, 0.25) is 0 Å². The highest BCUT2D eigenvalue weighted by molar-refractivity contribution is 7.93. The van der Waals surface area contributed by atoms with Gasteiger partial charge in [0.25, 0.3) is 10.0 Å². The number of nitrogens with one attached hydrogen (secondary N) is 2. The number of aliphatic hydroxyl groups is 1. The summed E-state index contributed by atoms with van der Waals surface area (Å²) in [6.45, 7) is 0.911. The first-order chi connectivity index (χ1) is 18.3. The van der Waals surface area contributed by atoms with E-state index in [2.05, 4.69) is 15.6 Å². The topological polar surface area (TPSA) is 148 Å². The van der Waals surface area contributed by atoms with Gasteiger partial charge in [-0.3, -0.25) is 19.4 Å². The minimum Gasteiger partial charge on any atom is -0.480 e. The number of rotatable bonds is 10. The van der Waals surface area contributed by atoms with Gasteiger partial charge in [-0.05, 0) is 42.0 Å². The maximum Gasteiger partial charge on any atom is 0.327 e. The summed E-state index contributed by atoms with van der Waals surface area (Å²) in [4.78, 5) is 28.6. The second-order valence-corrected chi connectivity index (χ2v) is 10.7. The first-order valence-electron chi connectivity index (χ1n) is 12.3. The third-order valence-corrected chi connectivity index (χ3v) is 8.14. The predicted molar refractivity (Wildman–Crippen MR) is 145 cm³/mol. The number of anilines is 1. The van der Waals surface area contributed by atoms with Crippen LogP contribution in [0, 0.1) is 0 Å². The molecule has 4 N–H and O–H groups in total. The molecule has 1 aliphatic rings. The predicted octanol–water partition coefficient (Wildman–Crippen LogP) is 2.27. The molecular weight excluding hydrogens is 508 g/mol. The molecule has 1 heterocycles. The van der Waals surface area contributed by atoms with Gasteiger partial charge in [-0.15, -0.1) is 0 Å². The number of fused-ring (bicyclic) bond motifs is 1. The van der Waals surface area contributed by atoms with Gasteiger partial charge >= 0.3 is 5.97 Å². The Kier molecular flexibility index (Phi) is 8.59. The number of carboxylic acids is 1. The van der Waals surface area contributed by atoms with E-state index in [0.29, 0.717) is 29.7 Å². The molecule has 0 radical (unpaired) electrons. The van der Waals surface area contributed by atoms with Crippen LogP contribution in [0.15, 0.2) is 76.6 Å². The first-order valence-corrected chi connectivity index (χ1v) is 13.8. The number of aliphatic carboxylic acids is 1. The van der Waals surface area contributed by atoms with Crippen LogP contribution in [0.1, 0.15) is 24.8 Å². The van der Waals surface area contributed by atoms with E-state index in [1.54, 1.807) is 48.5 Å². The van der Waals surface area contributed by atoms with Crippen LogP contribution in [0.3, 0.4) is 0 Å². The second-order valence-electron chi connectivity index (χ2n) is 8.87. The van der Waals surface area contributed by atoms with Gasteiger partial charge in [0, 0.05) is 37.9 Å². The van der Waals surface area contributed by atoms with Crippen molar-refractivity contribution in [3.8, 4) is 0 Å². The Labute approximate surface area is 221 Å². The van der Waals surface area contributed by atoms with Crippen molar-refractivity contribution in [2.75, 3.05) is 24.0 Å². The molecule has 1 aliphatic heterocycles. The van der Waals surface area contributed by atoms with Crippen molar-refractivity contribution in [2.24, 2.45) is 4.99 Å². The lowest BCUT2D eigenvalue weighted by Crippen LogP contribution is -2.46. The number of guanidine groups is 1. The minimum atomic E-state index is -4.34. The molecule has 0 unspecified atom stereocenters. The highest BCUT2D eigenvalue weighted by Crippen LogP contribution is 2.32. The number of hydrogen-bond acceptors (Lipinski definition) is 7. The maximum atomic E-state index is 14.0. The molecule has 10 nitrogen and oxygen atoms in total. The molecule has 0 saturated heterocycles. The average Bonchev–Trinajstić information content (AvgIpc) is 2.92. The zero-order chi connectivity index (χ0) is 27.1. The Morgan fingerprint density at radius 1 is 1.05 bits per heavy atom. The van der Waals surface area contributed by atoms with Crippen LogP contribution in [-0.4, -0.2) is 62.2 Å². The normalized spacial score (nSPS) is 14.3. The standard InChI is InChI=1S/C27H30N4O6S/c32-18-15-23(26(34)35)31(38(36,37)24-8-3-6-20-5-1-2-7-22(20)24)21-12-9-19(10-13-21)11-14-25(33)30-27-28-16-4-17-29-27/h1-3,5-10,12-13,23,32H,4,11,14-18H2,(H,34,35)(H2,28,29,30,33)/t23-/m0/s1. The smallest absolute Gasteiger partial charge is 0.327 e. The number of carbonyl (C=O) groups excluding carboxylic acids is 1. The van der Waals surface area contributed by atoms with Crippen molar-refractivity contribution >= 4 is 44.3 Å². The molecule has 200 valence electrons. The summed E-state index contributed by atoms with van der Waals surface area (Å²) in [7, 11) is -4.34. The van der Waals surface area contributed by atoms with Gasteiger partial charge in [-0.1, -0.05) is 48.5 Å². The van der Waals surface area contributed by atoms with Gasteiger partial charge in [-0.2, -0.15) is 0 Å². The van der Waals surface area contributed by atoms with E-state index in [4.69, 9.17) is 0 Å². The SMILES string of the molecule is O=C(CCc1ccc(N([C@@H](CCO)C(=O)O)S(=O)(=O)c2cccc3ccccc23)cc1)NC1=NCCCN1. The monoisotopic (exact) mass is 538 g/mol. The lowest BCUT2D eigenvalue weighted by molar-refractivity contribution is -0.138. The summed E-state index contributed by atoms with van der Waals surface area (Å²) in [5, 5.41) is 26.4. The Bertz CT molecular complexity index is 1430. The van der Waals surface area contributed by atoms with Crippen LogP contribution in [0.25, 0.3) is 10.8 Å². The number of nitrogens with zero attached hydrogens (tertiary/aromatic N) is 2. The van der Waals surface area contributed by atoms with Gasteiger partial charge in [0.2, 0.25) is 5.91 Å². The molecule has 1 amide bonds. The largest absolute Gasteiger partial charge is 0.480 e. The molecular formula is C27H30N4O6S. The maximum absolute atomic E-state index is 14.0. The highest BCUT2D eigenvalue weighted by atomic mass is 32.2. The van der Waals surface area contributed by atoms with Gasteiger partial charge in [0.1, 0.15) is 6.04 Å². The van der Waals surface area contributed by atoms with Gasteiger partial charge in [-0.25, -0.2) is 13.2 Å². The minimum absolute atomic E-state index is 0.0280. The van der Waals surface area contributed by atoms with Crippen LogP contribution >= 0.6 is 0 Å². The van der Waals surface area contributed by atoms with Gasteiger partial charge < -0.3 is 15.5 Å². The third-order valence-electron chi connectivity index (χ3n) is 6.24. The van der Waals surface area contributed by atoms with Crippen molar-refractivity contribution in [2.45, 2.75) is 36.6 Å². The number of sulfonamides is 1. The molecule has 4 rings (SSSR count). The van der Waals surface area contributed by atoms with Crippen LogP contribution in [0.5, 0.6) is 0 Å². The number of amides is 1. The lowest BCUT2D eigenvalue weighted by atomic mass is 10.1. The summed E-state index contributed by atoms with van der Waals surface area (Å²) >= 11 is 0. The van der Waals surface area contributed by atoms with E-state index in [1.165, 1.54) is 18.2 Å². The molecule has 0 fully saturated rings. The van der Waals surface area contributed by atoms with Crippen molar-refractivity contribution in [1.82, 2.24) is 10.6 Å². The average molecular weight is 539 g/mol. The molecule has 38 heavy (non-hydrogen) atoms. The lowest BCUT2D eigenvalue weighted by Gasteiger charge is -2.30. The molecule has 0 saturated carbocycles. The molecule has 3 aromatic carbocycles. The van der Waals surface area contributed by atoms with Crippen molar-refractivity contribution in [3.63, 3.8) is 0 Å². The number of aliphatic imine (C=N–C) groups is 1. The van der Waals surface area contributed by atoms with E-state index >= 15 is 0 Å². The van der Waals surface area contributed by atoms with Crippen LogP contribution < -0.4 is 14.9 Å². The Morgan fingerprint density at radius 3 is 2.47 bits per heavy atom. The van der Waals surface area contributed by atoms with E-state index < -0.39 is 28.6 Å². The zero-order valence-corrected chi connectivity index (χ0v) is 21.5. The number of aryl methyl sites for hydroxylation is 1. The Morgan fingerprint density at radius 2 is 1.79 bits per heavy atom. The molecule has 11 heteroatoms. The second kappa shape index (κ2) is 12.1. The fraction of sp³-hybridized carbons (Fsp3) is 0.296. The van der Waals surface area contributed by atoms with Crippen molar-refractivity contribution in [3.05, 3.63) is 72.3 Å². The summed E-state index contributed by atoms with van der Waals surface area (Å²) < 4.78 is 28.8.